The fraction of sp³-hybridized carbons (Fsp3) is 0.389. The molecule has 1 amide bonds. The fourth-order valence-electron chi connectivity index (χ4n) is 2.35. The van der Waals surface area contributed by atoms with Gasteiger partial charge in [-0.15, -0.1) is 0 Å². The van der Waals surface area contributed by atoms with Gasteiger partial charge in [0.1, 0.15) is 11.5 Å². The summed E-state index contributed by atoms with van der Waals surface area (Å²) in [5, 5.41) is 2.52. The van der Waals surface area contributed by atoms with Crippen molar-refractivity contribution in [1.29, 1.82) is 0 Å². The van der Waals surface area contributed by atoms with Gasteiger partial charge >= 0.3 is 6.18 Å². The lowest BCUT2D eigenvalue weighted by atomic mass is 10.2. The second kappa shape index (κ2) is 7.74. The molecule has 0 aliphatic heterocycles. The van der Waals surface area contributed by atoms with E-state index in [1.165, 1.54) is 12.1 Å². The van der Waals surface area contributed by atoms with Crippen LogP contribution in [0.25, 0.3) is 0 Å². The maximum atomic E-state index is 12.7. The first-order valence-electron chi connectivity index (χ1n) is 7.91. The minimum atomic E-state index is -4.44. The first kappa shape index (κ1) is 19.1. The molecule has 1 aromatic carbocycles. The van der Waals surface area contributed by atoms with Crippen molar-refractivity contribution in [2.45, 2.75) is 39.5 Å². The van der Waals surface area contributed by atoms with Gasteiger partial charge in [0.15, 0.2) is 0 Å². The van der Waals surface area contributed by atoms with Crippen molar-refractivity contribution < 1.29 is 22.4 Å². The van der Waals surface area contributed by atoms with E-state index in [1.807, 2.05) is 37.8 Å². The molecule has 2 rings (SSSR count). The van der Waals surface area contributed by atoms with Crippen LogP contribution in [0.3, 0.4) is 0 Å². The van der Waals surface area contributed by atoms with E-state index >= 15 is 0 Å². The third-order valence-corrected chi connectivity index (χ3v) is 3.71. The Labute approximate surface area is 144 Å². The Balaban J connectivity index is 2.01. The largest absolute Gasteiger partial charge is 0.465 e. The summed E-state index contributed by atoms with van der Waals surface area (Å²) in [7, 11) is 0. The molecular weight excluding hydrogens is 333 g/mol. The van der Waals surface area contributed by atoms with Crippen molar-refractivity contribution >= 4 is 11.6 Å². The molecule has 7 heteroatoms. The summed E-state index contributed by atoms with van der Waals surface area (Å²) in [5.41, 5.74) is -0.672. The van der Waals surface area contributed by atoms with Gasteiger partial charge in [-0.1, -0.05) is 6.07 Å². The van der Waals surface area contributed by atoms with Gasteiger partial charge in [0.2, 0.25) is 5.91 Å². The van der Waals surface area contributed by atoms with Crippen LogP contribution < -0.4 is 5.32 Å². The molecule has 2 aromatic rings. The van der Waals surface area contributed by atoms with Gasteiger partial charge < -0.3 is 9.73 Å². The van der Waals surface area contributed by atoms with E-state index < -0.39 is 11.7 Å². The number of amides is 1. The number of benzene rings is 1. The zero-order valence-electron chi connectivity index (χ0n) is 14.4. The average molecular weight is 354 g/mol. The van der Waals surface area contributed by atoms with Crippen LogP contribution in [0.4, 0.5) is 18.9 Å². The molecule has 0 atom stereocenters. The zero-order valence-corrected chi connectivity index (χ0v) is 14.4. The minimum absolute atomic E-state index is 0.0493. The number of nitrogens with one attached hydrogen (secondary N) is 1. The first-order chi connectivity index (χ1) is 11.6. The van der Waals surface area contributed by atoms with E-state index in [-0.39, 0.29) is 24.2 Å². The van der Waals surface area contributed by atoms with Crippen molar-refractivity contribution in [3.05, 3.63) is 53.5 Å². The van der Waals surface area contributed by atoms with Crippen molar-refractivity contribution in [1.82, 2.24) is 4.90 Å². The molecule has 0 saturated carbocycles. The highest BCUT2D eigenvalue weighted by molar-refractivity contribution is 5.92. The van der Waals surface area contributed by atoms with Crippen LogP contribution in [0.15, 0.2) is 40.8 Å². The molecule has 136 valence electrons. The minimum Gasteiger partial charge on any atom is -0.465 e. The molecule has 1 heterocycles. The fourth-order valence-corrected chi connectivity index (χ4v) is 2.35. The Morgan fingerprint density at radius 2 is 1.96 bits per heavy atom. The third kappa shape index (κ3) is 5.63. The number of hydrogen-bond acceptors (Lipinski definition) is 3. The number of rotatable bonds is 6. The standard InChI is InChI=1S/C18H21F3N2O2/c1-12(2)23(10-16-8-7-13(3)25-16)11-17(24)22-15-6-4-5-14(9-15)18(19,20)21/h4-9,12H,10-11H2,1-3H3,(H,22,24). The van der Waals surface area contributed by atoms with Crippen molar-refractivity contribution in [3.8, 4) is 0 Å². The highest BCUT2D eigenvalue weighted by atomic mass is 19.4. The van der Waals surface area contributed by atoms with E-state index in [4.69, 9.17) is 4.42 Å². The summed E-state index contributed by atoms with van der Waals surface area (Å²) in [5.74, 6) is 1.14. The number of anilines is 1. The van der Waals surface area contributed by atoms with Crippen LogP contribution in [0.2, 0.25) is 0 Å². The Morgan fingerprint density at radius 1 is 1.24 bits per heavy atom. The van der Waals surface area contributed by atoms with E-state index in [1.54, 1.807) is 0 Å². The number of carbonyl (C=O) groups excluding carboxylic acids is 1. The highest BCUT2D eigenvalue weighted by Crippen LogP contribution is 2.30. The van der Waals surface area contributed by atoms with Crippen LogP contribution in [0, 0.1) is 6.92 Å². The lowest BCUT2D eigenvalue weighted by Gasteiger charge is -2.24. The molecule has 4 nitrogen and oxygen atoms in total. The molecule has 1 aromatic heterocycles. The molecule has 0 saturated heterocycles. The smallest absolute Gasteiger partial charge is 0.416 e. The molecule has 1 N–H and O–H groups in total. The third-order valence-electron chi connectivity index (χ3n) is 3.71. The SMILES string of the molecule is Cc1ccc(CN(CC(=O)Nc2cccc(C(F)(F)F)c2)C(C)C)o1. The van der Waals surface area contributed by atoms with Crippen LogP contribution >= 0.6 is 0 Å². The number of hydrogen-bond donors (Lipinski definition) is 1. The molecule has 0 fully saturated rings. The van der Waals surface area contributed by atoms with Gasteiger partial charge in [-0.05, 0) is 51.1 Å². The van der Waals surface area contributed by atoms with Crippen molar-refractivity contribution in [2.24, 2.45) is 0 Å². The Kier molecular flexibility index (Phi) is 5.89. The number of carbonyl (C=O) groups is 1. The Morgan fingerprint density at radius 3 is 2.52 bits per heavy atom. The van der Waals surface area contributed by atoms with E-state index in [2.05, 4.69) is 5.32 Å². The number of aryl methyl sites for hydroxylation is 1. The lowest BCUT2D eigenvalue weighted by Crippen LogP contribution is -2.37. The predicted molar refractivity (Wildman–Crippen MR) is 89.1 cm³/mol. The molecule has 0 aliphatic carbocycles. The van der Waals surface area contributed by atoms with E-state index in [9.17, 15) is 18.0 Å². The molecule has 0 bridgehead atoms. The summed E-state index contributed by atoms with van der Waals surface area (Å²) >= 11 is 0. The second-order valence-electron chi connectivity index (χ2n) is 6.14. The van der Waals surface area contributed by atoms with Gasteiger partial charge in [0.05, 0.1) is 18.7 Å². The predicted octanol–water partition coefficient (Wildman–Crippen LogP) is 4.46. The van der Waals surface area contributed by atoms with Crippen LogP contribution in [-0.4, -0.2) is 23.4 Å². The molecular formula is C18H21F3N2O2. The Hall–Kier alpha value is -2.28. The molecule has 25 heavy (non-hydrogen) atoms. The van der Waals surface area contributed by atoms with Crippen molar-refractivity contribution in [3.63, 3.8) is 0 Å². The van der Waals surface area contributed by atoms with Crippen LogP contribution in [-0.2, 0) is 17.5 Å². The van der Waals surface area contributed by atoms with Gasteiger partial charge in [-0.3, -0.25) is 9.69 Å². The molecule has 0 unspecified atom stereocenters. The molecule has 0 radical (unpaired) electrons. The summed E-state index contributed by atoms with van der Waals surface area (Å²) in [6.45, 7) is 6.21. The van der Waals surface area contributed by atoms with Gasteiger partial charge in [-0.25, -0.2) is 0 Å². The van der Waals surface area contributed by atoms with Gasteiger partial charge in [0, 0.05) is 11.7 Å². The van der Waals surface area contributed by atoms with Crippen molar-refractivity contribution in [2.75, 3.05) is 11.9 Å². The summed E-state index contributed by atoms with van der Waals surface area (Å²) in [6, 6.07) is 8.35. The average Bonchev–Trinajstić information content (AvgIpc) is 2.91. The number of alkyl halides is 3. The van der Waals surface area contributed by atoms with Crippen LogP contribution in [0.1, 0.15) is 30.9 Å². The Bertz CT molecular complexity index is 723. The van der Waals surface area contributed by atoms with E-state index in [0.717, 1.165) is 23.7 Å². The summed E-state index contributed by atoms with van der Waals surface area (Å²) in [6.07, 6.45) is -4.44. The zero-order chi connectivity index (χ0) is 18.6. The second-order valence-corrected chi connectivity index (χ2v) is 6.14. The van der Waals surface area contributed by atoms with Crippen LogP contribution in [0.5, 0.6) is 0 Å². The normalized spacial score (nSPS) is 12.0. The topological polar surface area (TPSA) is 45.5 Å². The molecule has 0 aliphatic rings. The summed E-state index contributed by atoms with van der Waals surface area (Å²) in [4.78, 5) is 14.1. The number of nitrogens with zero attached hydrogens (tertiary/aromatic N) is 1. The maximum absolute atomic E-state index is 12.7. The molecule has 0 spiro atoms. The summed E-state index contributed by atoms with van der Waals surface area (Å²) < 4.78 is 43.7. The number of furan rings is 1. The number of halogens is 3. The maximum Gasteiger partial charge on any atom is 0.416 e. The van der Waals surface area contributed by atoms with Gasteiger partial charge in [-0.2, -0.15) is 13.2 Å². The highest BCUT2D eigenvalue weighted by Gasteiger charge is 2.30. The van der Waals surface area contributed by atoms with Gasteiger partial charge in [0.25, 0.3) is 0 Å². The first-order valence-corrected chi connectivity index (χ1v) is 7.91. The lowest BCUT2D eigenvalue weighted by molar-refractivity contribution is -0.137. The monoisotopic (exact) mass is 354 g/mol. The quantitative estimate of drug-likeness (QED) is 0.833. The van der Waals surface area contributed by atoms with E-state index in [0.29, 0.717) is 6.54 Å².